The molecule has 0 fully saturated rings. The molecule has 0 heterocycles. The van der Waals surface area contributed by atoms with Crippen LogP contribution in [0, 0.1) is 0 Å². The molecule has 0 saturated heterocycles. The highest BCUT2D eigenvalue weighted by Crippen LogP contribution is 2.45. The van der Waals surface area contributed by atoms with Crippen LogP contribution >= 0.6 is 0 Å². The molecule has 152 valence electrons. The summed E-state index contributed by atoms with van der Waals surface area (Å²) in [6.07, 6.45) is 2.00. The molecule has 0 amide bonds. The summed E-state index contributed by atoms with van der Waals surface area (Å²) >= 11 is 0. The maximum Gasteiger partial charge on any atom is 0.308 e. The van der Waals surface area contributed by atoms with Gasteiger partial charge >= 0.3 is 5.97 Å². The molecule has 0 aromatic heterocycles. The maximum atomic E-state index is 11.7. The Labute approximate surface area is 170 Å². The lowest BCUT2D eigenvalue weighted by molar-refractivity contribution is -0.134. The van der Waals surface area contributed by atoms with Crippen LogP contribution in [-0.4, -0.2) is 34.4 Å². The van der Waals surface area contributed by atoms with Crippen LogP contribution in [0.1, 0.15) is 30.5 Å². The first-order chi connectivity index (χ1) is 13.9. The van der Waals surface area contributed by atoms with Crippen molar-refractivity contribution in [2.75, 3.05) is 28.4 Å². The first kappa shape index (κ1) is 20.3. The van der Waals surface area contributed by atoms with Gasteiger partial charge in [0.05, 0.1) is 28.4 Å². The third-order valence-corrected chi connectivity index (χ3v) is 4.75. The molecule has 2 aromatic rings. The van der Waals surface area contributed by atoms with Crippen molar-refractivity contribution in [2.45, 2.75) is 13.8 Å². The zero-order chi connectivity index (χ0) is 21.1. The minimum Gasteiger partial charge on any atom is -0.497 e. The van der Waals surface area contributed by atoms with Gasteiger partial charge in [-0.05, 0) is 60.0 Å². The molecule has 0 unspecified atom stereocenters. The van der Waals surface area contributed by atoms with E-state index in [1.165, 1.54) is 6.92 Å². The van der Waals surface area contributed by atoms with Crippen molar-refractivity contribution < 1.29 is 28.5 Å². The Morgan fingerprint density at radius 2 is 1.52 bits per heavy atom. The van der Waals surface area contributed by atoms with Gasteiger partial charge < -0.3 is 23.7 Å². The van der Waals surface area contributed by atoms with Crippen LogP contribution in [0.4, 0.5) is 0 Å². The topological polar surface area (TPSA) is 63.2 Å². The fourth-order valence-electron chi connectivity index (χ4n) is 3.41. The second-order valence-corrected chi connectivity index (χ2v) is 6.48. The molecule has 0 aliphatic heterocycles. The Morgan fingerprint density at radius 3 is 2.03 bits per heavy atom. The molecule has 6 heteroatoms. The average molecular weight is 396 g/mol. The standard InChI is InChI=1S/C23H24O6/c1-13-18(9-15-10-20(26-4)23(28-6)21(11-15)27-5)17-8-7-16(25-3)12-19(17)22(13)29-14(2)24/h7-12H,1-6H3. The van der Waals surface area contributed by atoms with Crippen LogP contribution in [-0.2, 0) is 9.53 Å². The van der Waals surface area contributed by atoms with Crippen LogP contribution in [0.25, 0.3) is 17.4 Å². The molecule has 0 atom stereocenters. The Hall–Kier alpha value is -3.41. The number of benzene rings is 2. The second kappa shape index (κ2) is 8.31. The first-order valence-electron chi connectivity index (χ1n) is 9.03. The molecule has 0 radical (unpaired) electrons. The van der Waals surface area contributed by atoms with Gasteiger partial charge in [-0.1, -0.05) is 0 Å². The normalized spacial score (nSPS) is 13.9. The molecule has 1 aliphatic carbocycles. The number of esters is 1. The number of fused-ring (bicyclic) bond motifs is 1. The Bertz CT molecular complexity index is 991. The lowest BCUT2D eigenvalue weighted by Gasteiger charge is -2.13. The quantitative estimate of drug-likeness (QED) is 0.667. The molecular formula is C23H24O6. The van der Waals surface area contributed by atoms with Crippen molar-refractivity contribution in [2.24, 2.45) is 0 Å². The number of hydrogen-bond acceptors (Lipinski definition) is 6. The summed E-state index contributed by atoms with van der Waals surface area (Å²) in [5.41, 5.74) is 4.43. The van der Waals surface area contributed by atoms with Crippen molar-refractivity contribution in [1.29, 1.82) is 0 Å². The average Bonchev–Trinajstić information content (AvgIpc) is 2.97. The number of ether oxygens (including phenoxy) is 5. The van der Waals surface area contributed by atoms with Crippen LogP contribution in [0.5, 0.6) is 23.0 Å². The molecule has 0 bridgehead atoms. The van der Waals surface area contributed by atoms with E-state index in [2.05, 4.69) is 0 Å². The van der Waals surface area contributed by atoms with E-state index in [-0.39, 0.29) is 5.97 Å². The molecule has 2 aromatic carbocycles. The summed E-state index contributed by atoms with van der Waals surface area (Å²) in [7, 11) is 6.33. The third kappa shape index (κ3) is 3.78. The molecule has 1 aliphatic rings. The highest BCUT2D eigenvalue weighted by atomic mass is 16.5. The van der Waals surface area contributed by atoms with Gasteiger partial charge in [-0.25, -0.2) is 0 Å². The summed E-state index contributed by atoms with van der Waals surface area (Å²) in [5.74, 6) is 2.51. The van der Waals surface area contributed by atoms with E-state index in [1.807, 2.05) is 43.3 Å². The summed E-state index contributed by atoms with van der Waals surface area (Å²) < 4.78 is 27.2. The van der Waals surface area contributed by atoms with Crippen molar-refractivity contribution in [1.82, 2.24) is 0 Å². The van der Waals surface area contributed by atoms with Crippen LogP contribution in [0.2, 0.25) is 0 Å². The number of rotatable bonds is 6. The highest BCUT2D eigenvalue weighted by molar-refractivity contribution is 6.05. The van der Waals surface area contributed by atoms with E-state index in [1.54, 1.807) is 28.4 Å². The molecule has 0 N–H and O–H groups in total. The predicted molar refractivity (Wildman–Crippen MR) is 111 cm³/mol. The van der Waals surface area contributed by atoms with Gasteiger partial charge in [-0.2, -0.15) is 0 Å². The molecule has 6 nitrogen and oxygen atoms in total. The Balaban J connectivity index is 2.19. The number of carbonyl (C=O) groups excluding carboxylic acids is 1. The van der Waals surface area contributed by atoms with Gasteiger partial charge in [0, 0.05) is 18.1 Å². The minimum absolute atomic E-state index is 0.373. The number of hydrogen-bond donors (Lipinski definition) is 0. The molecule has 3 rings (SSSR count). The van der Waals surface area contributed by atoms with Crippen LogP contribution in [0.15, 0.2) is 35.9 Å². The van der Waals surface area contributed by atoms with Crippen molar-refractivity contribution in [3.63, 3.8) is 0 Å². The van der Waals surface area contributed by atoms with E-state index in [4.69, 9.17) is 23.7 Å². The number of carbonyl (C=O) groups is 1. The van der Waals surface area contributed by atoms with Crippen molar-refractivity contribution in [3.8, 4) is 23.0 Å². The zero-order valence-electron chi connectivity index (χ0n) is 17.4. The fraction of sp³-hybridized carbons (Fsp3) is 0.261. The van der Waals surface area contributed by atoms with E-state index < -0.39 is 0 Å². The van der Waals surface area contributed by atoms with Crippen LogP contribution in [0.3, 0.4) is 0 Å². The van der Waals surface area contributed by atoms with Gasteiger partial charge in [0.1, 0.15) is 11.5 Å². The third-order valence-electron chi connectivity index (χ3n) is 4.75. The molecule has 0 saturated carbocycles. The Kier molecular flexibility index (Phi) is 5.82. The zero-order valence-corrected chi connectivity index (χ0v) is 17.4. The summed E-state index contributed by atoms with van der Waals surface area (Å²) in [4.78, 5) is 11.7. The van der Waals surface area contributed by atoms with Crippen molar-refractivity contribution >= 4 is 23.4 Å². The molecule has 29 heavy (non-hydrogen) atoms. The van der Waals surface area contributed by atoms with Crippen LogP contribution < -0.4 is 18.9 Å². The molecule has 0 spiro atoms. The fourth-order valence-corrected chi connectivity index (χ4v) is 3.41. The van der Waals surface area contributed by atoms with E-state index in [9.17, 15) is 4.79 Å². The van der Waals surface area contributed by atoms with E-state index in [0.29, 0.717) is 28.8 Å². The largest absolute Gasteiger partial charge is 0.497 e. The number of methoxy groups -OCH3 is 4. The number of allylic oxidation sites excluding steroid dienone is 2. The van der Waals surface area contributed by atoms with Gasteiger partial charge in [-0.15, -0.1) is 0 Å². The van der Waals surface area contributed by atoms with Gasteiger partial charge in [0.2, 0.25) is 5.75 Å². The summed E-state index contributed by atoms with van der Waals surface area (Å²) in [6, 6.07) is 9.44. The van der Waals surface area contributed by atoms with Crippen molar-refractivity contribution in [3.05, 3.63) is 52.6 Å². The lowest BCUT2D eigenvalue weighted by atomic mass is 10.00. The second-order valence-electron chi connectivity index (χ2n) is 6.48. The van der Waals surface area contributed by atoms with Gasteiger partial charge in [0.25, 0.3) is 0 Å². The monoisotopic (exact) mass is 396 g/mol. The molecular weight excluding hydrogens is 372 g/mol. The predicted octanol–water partition coefficient (Wildman–Crippen LogP) is 4.57. The summed E-state index contributed by atoms with van der Waals surface area (Å²) in [5, 5.41) is 0. The smallest absolute Gasteiger partial charge is 0.308 e. The minimum atomic E-state index is -0.373. The maximum absolute atomic E-state index is 11.7. The Morgan fingerprint density at radius 1 is 0.862 bits per heavy atom. The highest BCUT2D eigenvalue weighted by Gasteiger charge is 2.27. The SMILES string of the molecule is COc1ccc2c(c1)C(OC(C)=O)=C(C)C2=Cc1cc(OC)c(OC)c(OC)c1. The summed E-state index contributed by atoms with van der Waals surface area (Å²) in [6.45, 7) is 3.32. The van der Waals surface area contributed by atoms with E-state index in [0.717, 1.165) is 27.8 Å². The van der Waals surface area contributed by atoms with E-state index >= 15 is 0 Å². The lowest BCUT2D eigenvalue weighted by Crippen LogP contribution is -1.98. The van der Waals surface area contributed by atoms with Gasteiger partial charge in [-0.3, -0.25) is 4.79 Å². The first-order valence-corrected chi connectivity index (χ1v) is 9.03. The van der Waals surface area contributed by atoms with Gasteiger partial charge in [0.15, 0.2) is 11.5 Å².